The van der Waals surface area contributed by atoms with Gasteiger partial charge in [-0.3, -0.25) is 9.89 Å². The average molecular weight is 403 g/mol. The standard InChI is InChI=1S/C20H20F3N5O/c1-13(10-17(29)27-16-9-5-8-15(11-16)20(21,22)23)26-18(19-24-12-25-28-19)14-6-3-2-4-7-14/h2-9,11-13,18,26H,10H2,1H3,(H,27,29)(H,24,25,28)/t13-,18+/m0/s1. The van der Waals surface area contributed by atoms with E-state index >= 15 is 0 Å². The number of benzene rings is 2. The number of aromatic nitrogens is 3. The summed E-state index contributed by atoms with van der Waals surface area (Å²) in [6, 6.07) is 13.5. The number of nitrogens with zero attached hydrogens (tertiary/aromatic N) is 2. The highest BCUT2D eigenvalue weighted by molar-refractivity contribution is 5.91. The molecule has 152 valence electrons. The lowest BCUT2D eigenvalue weighted by Crippen LogP contribution is -2.35. The molecular formula is C20H20F3N5O. The first kappa shape index (κ1) is 20.5. The van der Waals surface area contributed by atoms with E-state index in [0.29, 0.717) is 5.82 Å². The Morgan fingerprint density at radius 3 is 2.55 bits per heavy atom. The summed E-state index contributed by atoms with van der Waals surface area (Å²) in [5.74, 6) is 0.204. The second-order valence-corrected chi connectivity index (χ2v) is 6.61. The highest BCUT2D eigenvalue weighted by atomic mass is 19.4. The Hall–Kier alpha value is -3.20. The van der Waals surface area contributed by atoms with E-state index in [0.717, 1.165) is 17.7 Å². The largest absolute Gasteiger partial charge is 0.416 e. The summed E-state index contributed by atoms with van der Waals surface area (Å²) >= 11 is 0. The van der Waals surface area contributed by atoms with E-state index < -0.39 is 17.6 Å². The molecule has 3 rings (SSSR count). The second kappa shape index (κ2) is 8.87. The molecule has 0 aliphatic carbocycles. The summed E-state index contributed by atoms with van der Waals surface area (Å²) in [6.07, 6.45) is -3.00. The molecule has 29 heavy (non-hydrogen) atoms. The van der Waals surface area contributed by atoms with Crippen LogP contribution in [-0.2, 0) is 11.0 Å². The quantitative estimate of drug-likeness (QED) is 0.558. The first-order valence-electron chi connectivity index (χ1n) is 8.96. The highest BCUT2D eigenvalue weighted by Gasteiger charge is 2.30. The van der Waals surface area contributed by atoms with Gasteiger partial charge in [0, 0.05) is 18.2 Å². The molecule has 0 aliphatic rings. The lowest BCUT2D eigenvalue weighted by atomic mass is 10.0. The first-order valence-corrected chi connectivity index (χ1v) is 8.96. The van der Waals surface area contributed by atoms with Crippen molar-refractivity contribution in [2.24, 2.45) is 0 Å². The van der Waals surface area contributed by atoms with E-state index in [2.05, 4.69) is 25.8 Å². The Morgan fingerprint density at radius 1 is 1.14 bits per heavy atom. The Bertz CT molecular complexity index is 929. The van der Waals surface area contributed by atoms with Gasteiger partial charge >= 0.3 is 6.18 Å². The normalized spacial score (nSPS) is 13.7. The molecule has 1 amide bonds. The minimum atomic E-state index is -4.46. The number of carbonyl (C=O) groups is 1. The molecule has 0 aliphatic heterocycles. The van der Waals surface area contributed by atoms with Gasteiger partial charge in [-0.25, -0.2) is 4.98 Å². The molecule has 0 saturated carbocycles. The van der Waals surface area contributed by atoms with Gasteiger partial charge in [0.15, 0.2) is 0 Å². The number of rotatable bonds is 7. The Labute approximate surface area is 165 Å². The van der Waals surface area contributed by atoms with Gasteiger partial charge in [-0.1, -0.05) is 36.4 Å². The predicted molar refractivity (Wildman–Crippen MR) is 102 cm³/mol. The average Bonchev–Trinajstić information content (AvgIpc) is 3.20. The Kier molecular flexibility index (Phi) is 6.28. The summed E-state index contributed by atoms with van der Waals surface area (Å²) < 4.78 is 38.5. The van der Waals surface area contributed by atoms with Gasteiger partial charge in [0.05, 0.1) is 11.6 Å². The summed E-state index contributed by atoms with van der Waals surface area (Å²) in [7, 11) is 0. The van der Waals surface area contributed by atoms with Crippen LogP contribution in [-0.4, -0.2) is 27.1 Å². The van der Waals surface area contributed by atoms with Crippen molar-refractivity contribution in [3.63, 3.8) is 0 Å². The van der Waals surface area contributed by atoms with Gasteiger partial charge in [0.25, 0.3) is 0 Å². The van der Waals surface area contributed by atoms with E-state index in [1.54, 1.807) is 0 Å². The smallest absolute Gasteiger partial charge is 0.326 e. The van der Waals surface area contributed by atoms with Crippen molar-refractivity contribution in [2.45, 2.75) is 31.6 Å². The molecule has 1 aromatic heterocycles. The van der Waals surface area contributed by atoms with E-state index in [1.807, 2.05) is 37.3 Å². The lowest BCUT2D eigenvalue weighted by molar-refractivity contribution is -0.137. The third-order valence-corrected chi connectivity index (χ3v) is 4.26. The topological polar surface area (TPSA) is 82.7 Å². The molecule has 6 nitrogen and oxygen atoms in total. The molecule has 0 radical (unpaired) electrons. The molecule has 2 atom stereocenters. The van der Waals surface area contributed by atoms with E-state index in [1.165, 1.54) is 18.5 Å². The number of aromatic amines is 1. The fraction of sp³-hybridized carbons (Fsp3) is 0.250. The minimum Gasteiger partial charge on any atom is -0.326 e. The zero-order valence-electron chi connectivity index (χ0n) is 15.6. The predicted octanol–water partition coefficient (Wildman–Crippen LogP) is 3.92. The van der Waals surface area contributed by atoms with Crippen LogP contribution in [0.5, 0.6) is 0 Å². The fourth-order valence-corrected chi connectivity index (χ4v) is 2.94. The van der Waals surface area contributed by atoms with Gasteiger partial charge < -0.3 is 10.6 Å². The number of halogens is 3. The lowest BCUT2D eigenvalue weighted by Gasteiger charge is -2.22. The zero-order valence-corrected chi connectivity index (χ0v) is 15.6. The molecule has 0 unspecified atom stereocenters. The third kappa shape index (κ3) is 5.64. The number of carbonyl (C=O) groups excluding carboxylic acids is 1. The van der Waals surface area contributed by atoms with Gasteiger partial charge in [0.2, 0.25) is 5.91 Å². The fourth-order valence-electron chi connectivity index (χ4n) is 2.94. The number of amides is 1. The SMILES string of the molecule is C[C@@H](CC(=O)Nc1cccc(C(F)(F)F)c1)N[C@H](c1ccccc1)c1ncn[nH]1. The van der Waals surface area contributed by atoms with Crippen molar-refractivity contribution in [3.8, 4) is 0 Å². The number of nitrogens with one attached hydrogen (secondary N) is 3. The molecule has 0 bridgehead atoms. The molecule has 1 heterocycles. The molecule has 0 fully saturated rings. The minimum absolute atomic E-state index is 0.0632. The van der Waals surface area contributed by atoms with Gasteiger partial charge in [-0.05, 0) is 30.7 Å². The highest BCUT2D eigenvalue weighted by Crippen LogP contribution is 2.30. The van der Waals surface area contributed by atoms with Crippen LogP contribution < -0.4 is 10.6 Å². The molecule has 3 N–H and O–H groups in total. The molecule has 3 aromatic rings. The van der Waals surface area contributed by atoms with Crippen LogP contribution in [0.15, 0.2) is 60.9 Å². The number of hydrogen-bond acceptors (Lipinski definition) is 4. The van der Waals surface area contributed by atoms with Gasteiger partial charge in [-0.15, -0.1) is 0 Å². The van der Waals surface area contributed by atoms with Crippen LogP contribution in [0.25, 0.3) is 0 Å². The Balaban J connectivity index is 1.64. The maximum atomic E-state index is 12.8. The van der Waals surface area contributed by atoms with Crippen LogP contribution >= 0.6 is 0 Å². The van der Waals surface area contributed by atoms with Crippen molar-refractivity contribution in [3.05, 3.63) is 77.9 Å². The van der Waals surface area contributed by atoms with E-state index in [9.17, 15) is 18.0 Å². The van der Waals surface area contributed by atoms with Crippen molar-refractivity contribution in [1.82, 2.24) is 20.5 Å². The van der Waals surface area contributed by atoms with Gasteiger partial charge in [0.1, 0.15) is 12.2 Å². The monoisotopic (exact) mass is 403 g/mol. The van der Waals surface area contributed by atoms with E-state index in [-0.39, 0.29) is 24.2 Å². The molecular weight excluding hydrogens is 383 g/mol. The second-order valence-electron chi connectivity index (χ2n) is 6.61. The number of hydrogen-bond donors (Lipinski definition) is 3. The number of H-pyrrole nitrogens is 1. The molecule has 0 saturated heterocycles. The molecule has 9 heteroatoms. The number of anilines is 1. The first-order chi connectivity index (χ1) is 13.8. The maximum Gasteiger partial charge on any atom is 0.416 e. The van der Waals surface area contributed by atoms with Crippen molar-refractivity contribution >= 4 is 11.6 Å². The number of alkyl halides is 3. The third-order valence-electron chi connectivity index (χ3n) is 4.26. The Morgan fingerprint density at radius 2 is 1.90 bits per heavy atom. The zero-order chi connectivity index (χ0) is 20.9. The van der Waals surface area contributed by atoms with Crippen LogP contribution in [0.3, 0.4) is 0 Å². The van der Waals surface area contributed by atoms with Crippen molar-refractivity contribution < 1.29 is 18.0 Å². The molecule has 0 spiro atoms. The van der Waals surface area contributed by atoms with E-state index in [4.69, 9.17) is 0 Å². The molecule has 2 aromatic carbocycles. The van der Waals surface area contributed by atoms with Crippen LogP contribution in [0.4, 0.5) is 18.9 Å². The maximum absolute atomic E-state index is 12.8. The van der Waals surface area contributed by atoms with Gasteiger partial charge in [-0.2, -0.15) is 18.3 Å². The summed E-state index contributed by atoms with van der Waals surface area (Å²) in [5, 5.41) is 12.5. The van der Waals surface area contributed by atoms with Crippen LogP contribution in [0, 0.1) is 0 Å². The van der Waals surface area contributed by atoms with Crippen molar-refractivity contribution in [2.75, 3.05) is 5.32 Å². The summed E-state index contributed by atoms with van der Waals surface area (Å²) in [6.45, 7) is 1.82. The summed E-state index contributed by atoms with van der Waals surface area (Å²) in [5.41, 5.74) is 0.234. The van der Waals surface area contributed by atoms with Crippen molar-refractivity contribution in [1.29, 1.82) is 0 Å². The summed E-state index contributed by atoms with van der Waals surface area (Å²) in [4.78, 5) is 16.5. The van der Waals surface area contributed by atoms with Crippen LogP contribution in [0.2, 0.25) is 0 Å². The van der Waals surface area contributed by atoms with Crippen LogP contribution in [0.1, 0.15) is 36.3 Å².